The first-order valence-corrected chi connectivity index (χ1v) is 5.10. The van der Waals surface area contributed by atoms with E-state index >= 15 is 0 Å². The summed E-state index contributed by atoms with van der Waals surface area (Å²) in [6, 6.07) is 5.47. The highest BCUT2D eigenvalue weighted by Gasteiger charge is 2.04. The summed E-state index contributed by atoms with van der Waals surface area (Å²) in [5.41, 5.74) is 0. The van der Waals surface area contributed by atoms with Gasteiger partial charge >= 0.3 is 6.01 Å². The smallest absolute Gasteiger partial charge is 0.301 e. The normalized spacial score (nSPS) is 10.3. The summed E-state index contributed by atoms with van der Waals surface area (Å²) < 4.78 is 7.84. The molecule has 1 aromatic heterocycles. The van der Waals surface area contributed by atoms with E-state index in [1.54, 1.807) is 29.1 Å². The van der Waals surface area contributed by atoms with Crippen molar-refractivity contribution >= 4 is 15.9 Å². The zero-order valence-corrected chi connectivity index (χ0v) is 9.60. The summed E-state index contributed by atoms with van der Waals surface area (Å²) in [6.07, 6.45) is 3.43. The van der Waals surface area contributed by atoms with E-state index in [1.807, 2.05) is 7.05 Å². The second-order valence-corrected chi connectivity index (χ2v) is 3.89. The summed E-state index contributed by atoms with van der Waals surface area (Å²) in [5, 5.41) is 9.44. The Morgan fingerprint density at radius 3 is 2.87 bits per heavy atom. The third kappa shape index (κ3) is 2.12. The average Bonchev–Trinajstić information content (AvgIpc) is 2.59. The lowest BCUT2D eigenvalue weighted by Crippen LogP contribution is -1.93. The van der Waals surface area contributed by atoms with Gasteiger partial charge in [0.1, 0.15) is 11.5 Å². The summed E-state index contributed by atoms with van der Waals surface area (Å²) >= 11 is 3.20. The van der Waals surface area contributed by atoms with Gasteiger partial charge in [-0.1, -0.05) is 0 Å². The van der Waals surface area contributed by atoms with Gasteiger partial charge in [0.15, 0.2) is 0 Å². The molecule has 0 saturated carbocycles. The van der Waals surface area contributed by atoms with Crippen molar-refractivity contribution in [1.82, 2.24) is 9.55 Å². The number of hydrogen-bond donors (Lipinski definition) is 1. The Kier molecular flexibility index (Phi) is 2.64. The van der Waals surface area contributed by atoms with E-state index in [2.05, 4.69) is 20.9 Å². The molecule has 0 aliphatic rings. The summed E-state index contributed by atoms with van der Waals surface area (Å²) in [7, 11) is 1.83. The van der Waals surface area contributed by atoms with Crippen LogP contribution in [0.2, 0.25) is 0 Å². The number of hydrogen-bond acceptors (Lipinski definition) is 3. The molecule has 0 aliphatic heterocycles. The van der Waals surface area contributed by atoms with Gasteiger partial charge in [0.05, 0.1) is 4.47 Å². The molecule has 0 bridgehead atoms. The molecular formula is C10H9BrN2O2. The summed E-state index contributed by atoms with van der Waals surface area (Å²) in [5.74, 6) is 0.687. The maximum absolute atomic E-state index is 9.44. The lowest BCUT2D eigenvalue weighted by atomic mass is 10.3. The van der Waals surface area contributed by atoms with Crippen molar-refractivity contribution in [3.05, 3.63) is 35.1 Å². The van der Waals surface area contributed by atoms with Gasteiger partial charge < -0.3 is 14.4 Å². The molecule has 15 heavy (non-hydrogen) atoms. The minimum Gasteiger partial charge on any atom is -0.507 e. The summed E-state index contributed by atoms with van der Waals surface area (Å²) in [6.45, 7) is 0. The first-order valence-electron chi connectivity index (χ1n) is 4.30. The van der Waals surface area contributed by atoms with Gasteiger partial charge in [0.25, 0.3) is 0 Å². The van der Waals surface area contributed by atoms with E-state index in [4.69, 9.17) is 4.74 Å². The Morgan fingerprint density at radius 1 is 1.47 bits per heavy atom. The molecule has 0 amide bonds. The van der Waals surface area contributed by atoms with E-state index < -0.39 is 0 Å². The number of ether oxygens (including phenoxy) is 1. The second kappa shape index (κ2) is 3.94. The van der Waals surface area contributed by atoms with Crippen molar-refractivity contribution < 1.29 is 9.84 Å². The number of aromatic hydroxyl groups is 1. The number of imidazole rings is 1. The molecule has 0 aliphatic carbocycles. The van der Waals surface area contributed by atoms with Gasteiger partial charge in [0.2, 0.25) is 0 Å². The molecule has 4 nitrogen and oxygen atoms in total. The average molecular weight is 269 g/mol. The first-order chi connectivity index (χ1) is 7.16. The van der Waals surface area contributed by atoms with Crippen molar-refractivity contribution in [3.63, 3.8) is 0 Å². The van der Waals surface area contributed by atoms with Crippen LogP contribution >= 0.6 is 15.9 Å². The maximum Gasteiger partial charge on any atom is 0.301 e. The van der Waals surface area contributed by atoms with Crippen LogP contribution < -0.4 is 4.74 Å². The quantitative estimate of drug-likeness (QED) is 0.911. The van der Waals surface area contributed by atoms with Crippen LogP contribution in [0.25, 0.3) is 0 Å². The number of benzene rings is 1. The Balaban J connectivity index is 2.25. The van der Waals surface area contributed by atoms with Crippen molar-refractivity contribution in [1.29, 1.82) is 0 Å². The highest BCUT2D eigenvalue weighted by molar-refractivity contribution is 9.10. The van der Waals surface area contributed by atoms with Gasteiger partial charge in [-0.15, -0.1) is 0 Å². The van der Waals surface area contributed by atoms with Gasteiger partial charge in [0, 0.05) is 25.5 Å². The molecule has 1 heterocycles. The van der Waals surface area contributed by atoms with Crippen LogP contribution in [0.4, 0.5) is 0 Å². The molecular weight excluding hydrogens is 260 g/mol. The standard InChI is InChI=1S/C10H9BrN2O2/c1-13-5-4-12-10(13)15-7-2-3-8(11)9(14)6-7/h2-6,14H,1H3. The number of aryl methyl sites for hydroxylation is 1. The van der Waals surface area contributed by atoms with Crippen molar-refractivity contribution in [3.8, 4) is 17.5 Å². The van der Waals surface area contributed by atoms with Gasteiger partial charge in [-0.25, -0.2) is 4.98 Å². The lowest BCUT2D eigenvalue weighted by molar-refractivity contribution is 0.416. The van der Waals surface area contributed by atoms with Crippen LogP contribution in [0.5, 0.6) is 17.5 Å². The fourth-order valence-electron chi connectivity index (χ4n) is 1.11. The maximum atomic E-state index is 9.44. The molecule has 1 N–H and O–H groups in total. The topological polar surface area (TPSA) is 47.3 Å². The first kappa shape index (κ1) is 10.0. The van der Waals surface area contributed by atoms with Gasteiger partial charge in [-0.2, -0.15) is 0 Å². The largest absolute Gasteiger partial charge is 0.507 e. The van der Waals surface area contributed by atoms with E-state index in [0.29, 0.717) is 16.2 Å². The van der Waals surface area contributed by atoms with Crippen LogP contribution in [0.3, 0.4) is 0 Å². The second-order valence-electron chi connectivity index (χ2n) is 3.04. The SMILES string of the molecule is Cn1ccnc1Oc1ccc(Br)c(O)c1. The monoisotopic (exact) mass is 268 g/mol. The highest BCUT2D eigenvalue weighted by Crippen LogP contribution is 2.29. The lowest BCUT2D eigenvalue weighted by Gasteiger charge is -2.05. The molecule has 0 radical (unpaired) electrons. The highest BCUT2D eigenvalue weighted by atomic mass is 79.9. The number of aromatic nitrogens is 2. The molecule has 5 heteroatoms. The van der Waals surface area contributed by atoms with Crippen molar-refractivity contribution in [2.45, 2.75) is 0 Å². The van der Waals surface area contributed by atoms with E-state index in [9.17, 15) is 5.11 Å². The zero-order chi connectivity index (χ0) is 10.8. The zero-order valence-electron chi connectivity index (χ0n) is 8.01. The predicted molar refractivity (Wildman–Crippen MR) is 59.1 cm³/mol. The summed E-state index contributed by atoms with van der Waals surface area (Å²) in [4.78, 5) is 4.01. The number of nitrogens with zero attached hydrogens (tertiary/aromatic N) is 2. The van der Waals surface area contributed by atoms with Crippen LogP contribution in [-0.2, 0) is 7.05 Å². The number of halogens is 1. The Morgan fingerprint density at radius 2 is 2.27 bits per heavy atom. The van der Waals surface area contributed by atoms with Crippen molar-refractivity contribution in [2.24, 2.45) is 7.05 Å². The van der Waals surface area contributed by atoms with E-state index in [0.717, 1.165) is 0 Å². The third-order valence-corrected chi connectivity index (χ3v) is 2.57. The van der Waals surface area contributed by atoms with E-state index in [1.165, 1.54) is 6.07 Å². The minimum absolute atomic E-state index is 0.140. The van der Waals surface area contributed by atoms with E-state index in [-0.39, 0.29) is 5.75 Å². The third-order valence-electron chi connectivity index (χ3n) is 1.90. The Hall–Kier alpha value is -1.49. The van der Waals surface area contributed by atoms with Crippen LogP contribution in [-0.4, -0.2) is 14.7 Å². The molecule has 2 rings (SSSR count). The number of phenols is 1. The minimum atomic E-state index is 0.140. The molecule has 0 unspecified atom stereocenters. The molecule has 0 fully saturated rings. The predicted octanol–water partition coefficient (Wildman–Crippen LogP) is 2.68. The number of phenolic OH excluding ortho intramolecular Hbond substituents is 1. The van der Waals surface area contributed by atoms with Crippen LogP contribution in [0, 0.1) is 0 Å². The molecule has 0 atom stereocenters. The van der Waals surface area contributed by atoms with Crippen LogP contribution in [0.1, 0.15) is 0 Å². The Bertz CT molecular complexity index is 482. The van der Waals surface area contributed by atoms with Crippen LogP contribution in [0.15, 0.2) is 35.1 Å². The molecule has 0 saturated heterocycles. The van der Waals surface area contributed by atoms with Crippen molar-refractivity contribution in [2.75, 3.05) is 0 Å². The molecule has 0 spiro atoms. The molecule has 2 aromatic rings. The fraction of sp³-hybridized carbons (Fsp3) is 0.100. The van der Waals surface area contributed by atoms with Gasteiger partial charge in [-0.05, 0) is 28.1 Å². The molecule has 78 valence electrons. The molecule has 1 aromatic carbocycles. The number of rotatable bonds is 2. The fourth-order valence-corrected chi connectivity index (χ4v) is 1.36. The Labute approximate surface area is 95.3 Å². The van der Waals surface area contributed by atoms with Gasteiger partial charge in [-0.3, -0.25) is 0 Å².